The maximum Gasteiger partial charge on any atom is 0.0900 e. The van der Waals surface area contributed by atoms with Crippen LogP contribution in [-0.4, -0.2) is 49.7 Å². The van der Waals surface area contributed by atoms with Crippen LogP contribution in [0.15, 0.2) is 0 Å². The highest BCUT2D eigenvalue weighted by molar-refractivity contribution is 4.81. The van der Waals surface area contributed by atoms with E-state index >= 15 is 0 Å². The van der Waals surface area contributed by atoms with E-state index in [0.717, 1.165) is 12.0 Å². The van der Waals surface area contributed by atoms with Gasteiger partial charge in [0, 0.05) is 31.1 Å². The Morgan fingerprint density at radius 1 is 0.850 bits per heavy atom. The molecule has 3 heteroatoms. The van der Waals surface area contributed by atoms with E-state index in [9.17, 15) is 0 Å². The Balaban J connectivity index is 1.38. The van der Waals surface area contributed by atoms with E-state index < -0.39 is 0 Å². The smallest absolute Gasteiger partial charge is 0.0900 e. The van der Waals surface area contributed by atoms with Gasteiger partial charge in [-0.3, -0.25) is 4.90 Å². The quantitative estimate of drug-likeness (QED) is 0.810. The van der Waals surface area contributed by atoms with Gasteiger partial charge in [0.05, 0.1) is 19.6 Å². The first-order valence-electron chi connectivity index (χ1n) is 9.14. The highest BCUT2D eigenvalue weighted by Crippen LogP contribution is 2.23. The summed E-state index contributed by atoms with van der Waals surface area (Å²) in [5.74, 6) is 1.04. The topological polar surface area (TPSA) is 33.7 Å². The third-order valence-electron chi connectivity index (χ3n) is 6.06. The van der Waals surface area contributed by atoms with Crippen molar-refractivity contribution in [1.82, 2.24) is 4.90 Å². The predicted octanol–water partition coefficient (Wildman–Crippen LogP) is 1.04. The minimum Gasteiger partial charge on any atom is -0.333 e. The van der Waals surface area contributed by atoms with Crippen molar-refractivity contribution in [2.75, 3.05) is 32.7 Å². The van der Waals surface area contributed by atoms with Gasteiger partial charge in [-0.2, -0.15) is 0 Å². The summed E-state index contributed by atoms with van der Waals surface area (Å²) in [6.45, 7) is 6.91. The molecule has 0 spiro atoms. The summed E-state index contributed by atoms with van der Waals surface area (Å²) in [6.07, 6.45) is 12.7. The first-order chi connectivity index (χ1) is 9.81. The van der Waals surface area contributed by atoms with E-state index in [4.69, 9.17) is 5.73 Å². The molecule has 3 aliphatic rings. The molecule has 1 saturated heterocycles. The van der Waals surface area contributed by atoms with Gasteiger partial charge in [-0.15, -0.1) is 0 Å². The molecule has 3 rings (SSSR count). The second-order valence-electron chi connectivity index (χ2n) is 7.56. The van der Waals surface area contributed by atoms with Gasteiger partial charge in [-0.1, -0.05) is 19.3 Å². The second-order valence-corrected chi connectivity index (χ2v) is 7.56. The number of nitrogens with zero attached hydrogens (tertiary/aromatic N) is 1. The minimum absolute atomic E-state index is 0.490. The van der Waals surface area contributed by atoms with E-state index in [2.05, 4.69) is 4.90 Å². The van der Waals surface area contributed by atoms with Crippen LogP contribution in [0.5, 0.6) is 0 Å². The molecule has 0 aromatic rings. The third kappa shape index (κ3) is 3.96. The number of nitrogens with one attached hydrogen (secondary N) is 1. The normalized spacial score (nSPS) is 35.2. The number of rotatable bonds is 3. The predicted molar refractivity (Wildman–Crippen MR) is 83.9 cm³/mol. The van der Waals surface area contributed by atoms with Crippen LogP contribution < -0.4 is 10.6 Å². The van der Waals surface area contributed by atoms with Crippen molar-refractivity contribution in [1.29, 1.82) is 0 Å². The lowest BCUT2D eigenvalue weighted by Gasteiger charge is -2.40. The van der Waals surface area contributed by atoms with Crippen molar-refractivity contribution in [3.8, 4) is 0 Å². The Morgan fingerprint density at radius 3 is 2.15 bits per heavy atom. The molecule has 20 heavy (non-hydrogen) atoms. The van der Waals surface area contributed by atoms with Gasteiger partial charge in [-0.25, -0.2) is 0 Å². The Hall–Kier alpha value is -0.120. The summed E-state index contributed by atoms with van der Waals surface area (Å²) in [6, 6.07) is 1.34. The van der Waals surface area contributed by atoms with Crippen LogP contribution in [0.4, 0.5) is 0 Å². The molecule has 2 saturated carbocycles. The summed E-state index contributed by atoms with van der Waals surface area (Å²) in [5, 5.41) is 0. The van der Waals surface area contributed by atoms with Gasteiger partial charge < -0.3 is 10.6 Å². The molecule has 0 atom stereocenters. The van der Waals surface area contributed by atoms with Crippen LogP contribution in [0, 0.1) is 5.92 Å². The average Bonchev–Trinajstić information content (AvgIpc) is 2.50. The molecule has 3 nitrogen and oxygen atoms in total. The molecule has 3 N–H and O–H groups in total. The molecule has 2 aliphatic carbocycles. The fraction of sp³-hybridized carbons (Fsp3) is 1.00. The standard InChI is InChI=1S/C17H33N3/c18-16-6-8-17(9-7-16)20-12-10-19(11-13-20)14-15-4-2-1-3-5-15/h15-17H,1-14,18H2/p+1. The lowest BCUT2D eigenvalue weighted by Crippen LogP contribution is -3.15. The van der Waals surface area contributed by atoms with Crippen molar-refractivity contribution in [3.05, 3.63) is 0 Å². The van der Waals surface area contributed by atoms with E-state index in [-0.39, 0.29) is 0 Å². The largest absolute Gasteiger partial charge is 0.333 e. The molecular formula is C17H34N3+. The van der Waals surface area contributed by atoms with Gasteiger partial charge in [0.2, 0.25) is 0 Å². The van der Waals surface area contributed by atoms with E-state index in [1.807, 2.05) is 4.90 Å². The Morgan fingerprint density at radius 2 is 1.50 bits per heavy atom. The van der Waals surface area contributed by atoms with Gasteiger partial charge >= 0.3 is 0 Å². The first kappa shape index (κ1) is 14.8. The fourth-order valence-electron chi connectivity index (χ4n) is 4.68. The van der Waals surface area contributed by atoms with Crippen LogP contribution in [0.1, 0.15) is 57.8 Å². The number of nitrogens with two attached hydrogens (primary N) is 1. The van der Waals surface area contributed by atoms with E-state index in [1.54, 1.807) is 0 Å². The molecule has 0 amide bonds. The number of hydrogen-bond donors (Lipinski definition) is 2. The summed E-state index contributed by atoms with van der Waals surface area (Å²) < 4.78 is 0. The molecule has 1 aliphatic heterocycles. The molecule has 0 radical (unpaired) electrons. The zero-order valence-electron chi connectivity index (χ0n) is 13.2. The van der Waals surface area contributed by atoms with Crippen LogP contribution >= 0.6 is 0 Å². The molecule has 116 valence electrons. The molecule has 0 bridgehead atoms. The van der Waals surface area contributed by atoms with E-state index in [1.165, 1.54) is 90.5 Å². The van der Waals surface area contributed by atoms with Crippen LogP contribution in [-0.2, 0) is 0 Å². The first-order valence-corrected chi connectivity index (χ1v) is 9.14. The van der Waals surface area contributed by atoms with Crippen LogP contribution in [0.2, 0.25) is 0 Å². The Bertz CT molecular complexity index is 272. The van der Waals surface area contributed by atoms with Crippen molar-refractivity contribution in [2.45, 2.75) is 69.9 Å². The summed E-state index contributed by atoms with van der Waals surface area (Å²) in [7, 11) is 0. The molecule has 0 aromatic heterocycles. The highest BCUT2D eigenvalue weighted by atomic mass is 15.3. The maximum atomic E-state index is 6.03. The Kier molecular flexibility index (Phi) is 5.36. The second kappa shape index (κ2) is 7.24. The molecular weight excluding hydrogens is 246 g/mol. The summed E-state index contributed by atoms with van der Waals surface area (Å²) in [4.78, 5) is 4.66. The number of piperazine rings is 1. The van der Waals surface area contributed by atoms with Gasteiger partial charge in [0.15, 0.2) is 0 Å². The van der Waals surface area contributed by atoms with Gasteiger partial charge in [0.25, 0.3) is 0 Å². The van der Waals surface area contributed by atoms with Crippen LogP contribution in [0.25, 0.3) is 0 Å². The molecule has 3 fully saturated rings. The fourth-order valence-corrected chi connectivity index (χ4v) is 4.68. The maximum absolute atomic E-state index is 6.03. The zero-order valence-corrected chi connectivity index (χ0v) is 13.2. The van der Waals surface area contributed by atoms with Crippen LogP contribution in [0.3, 0.4) is 0 Å². The van der Waals surface area contributed by atoms with Crippen molar-refractivity contribution < 1.29 is 4.90 Å². The van der Waals surface area contributed by atoms with Crippen molar-refractivity contribution in [3.63, 3.8) is 0 Å². The Labute approximate surface area is 124 Å². The monoisotopic (exact) mass is 280 g/mol. The van der Waals surface area contributed by atoms with Gasteiger partial charge in [-0.05, 0) is 38.5 Å². The number of quaternary nitrogens is 1. The lowest BCUT2D eigenvalue weighted by atomic mass is 9.88. The average molecular weight is 280 g/mol. The molecule has 0 aromatic carbocycles. The zero-order chi connectivity index (χ0) is 13.8. The lowest BCUT2D eigenvalue weighted by molar-refractivity contribution is -0.908. The molecule has 1 heterocycles. The SMILES string of the molecule is NC1CCC(N2CC[NH+](CC3CCCCC3)CC2)CC1. The van der Waals surface area contributed by atoms with Gasteiger partial charge in [0.1, 0.15) is 0 Å². The van der Waals surface area contributed by atoms with Crippen molar-refractivity contribution in [2.24, 2.45) is 11.7 Å². The highest BCUT2D eigenvalue weighted by Gasteiger charge is 2.29. The molecule has 0 unspecified atom stereocenters. The van der Waals surface area contributed by atoms with E-state index in [0.29, 0.717) is 6.04 Å². The summed E-state index contributed by atoms with van der Waals surface area (Å²) in [5.41, 5.74) is 6.03. The third-order valence-corrected chi connectivity index (χ3v) is 6.06. The minimum atomic E-state index is 0.490. The van der Waals surface area contributed by atoms with Crippen molar-refractivity contribution >= 4 is 0 Å². The number of hydrogen-bond acceptors (Lipinski definition) is 2. The summed E-state index contributed by atoms with van der Waals surface area (Å²) >= 11 is 0.